The monoisotopic (exact) mass is 311 g/mol. The van der Waals surface area contributed by atoms with E-state index in [-0.39, 0.29) is 11.8 Å². The summed E-state index contributed by atoms with van der Waals surface area (Å²) in [6, 6.07) is 4.37. The number of hydrogen-bond acceptors (Lipinski definition) is 3. The van der Waals surface area contributed by atoms with Crippen LogP contribution in [0.3, 0.4) is 0 Å². The van der Waals surface area contributed by atoms with Gasteiger partial charge in [-0.2, -0.15) is 0 Å². The molecule has 2 amide bonds. The van der Waals surface area contributed by atoms with Crippen molar-refractivity contribution in [2.24, 2.45) is 5.73 Å². The van der Waals surface area contributed by atoms with Gasteiger partial charge in [-0.05, 0) is 24.6 Å². The maximum Gasteiger partial charge on any atom is 0.241 e. The van der Waals surface area contributed by atoms with Crippen LogP contribution in [0.2, 0.25) is 5.02 Å². The molecule has 0 bridgehead atoms. The van der Waals surface area contributed by atoms with Crippen molar-refractivity contribution in [3.8, 4) is 0 Å². The summed E-state index contributed by atoms with van der Waals surface area (Å²) < 4.78 is 0. The van der Waals surface area contributed by atoms with Crippen molar-refractivity contribution in [1.82, 2.24) is 0 Å². The van der Waals surface area contributed by atoms with Crippen molar-refractivity contribution in [3.63, 3.8) is 0 Å². The zero-order chi connectivity index (χ0) is 15.8. The topological polar surface area (TPSA) is 84.2 Å². The van der Waals surface area contributed by atoms with Crippen LogP contribution in [0.4, 0.5) is 11.4 Å². The molecule has 0 radical (unpaired) electrons. The third-order valence-electron chi connectivity index (χ3n) is 3.03. The van der Waals surface area contributed by atoms with Gasteiger partial charge in [0.25, 0.3) is 0 Å². The standard InChI is InChI=1S/C15H22ClN3O2/c1-3-5-6-12(17)15(21)19-13-9-10(7-8-11(13)16)18-14(20)4-2/h7-9,12H,3-6,17H2,1-2H3,(H,18,20)(H,19,21). The summed E-state index contributed by atoms with van der Waals surface area (Å²) in [5.41, 5.74) is 6.85. The Morgan fingerprint density at radius 3 is 2.62 bits per heavy atom. The maximum absolute atomic E-state index is 12.0. The number of anilines is 2. The van der Waals surface area contributed by atoms with Crippen molar-refractivity contribution in [2.75, 3.05) is 10.6 Å². The van der Waals surface area contributed by atoms with Crippen LogP contribution in [-0.4, -0.2) is 17.9 Å². The lowest BCUT2D eigenvalue weighted by Gasteiger charge is -2.14. The summed E-state index contributed by atoms with van der Waals surface area (Å²) in [5.74, 6) is -0.376. The van der Waals surface area contributed by atoms with Gasteiger partial charge in [-0.15, -0.1) is 0 Å². The molecule has 0 heterocycles. The lowest BCUT2D eigenvalue weighted by Crippen LogP contribution is -2.35. The average Bonchev–Trinajstić information content (AvgIpc) is 2.47. The molecule has 0 saturated carbocycles. The zero-order valence-corrected chi connectivity index (χ0v) is 13.2. The summed E-state index contributed by atoms with van der Waals surface area (Å²) in [4.78, 5) is 23.4. The molecule has 4 N–H and O–H groups in total. The predicted molar refractivity (Wildman–Crippen MR) is 86.5 cm³/mol. The third-order valence-corrected chi connectivity index (χ3v) is 3.36. The van der Waals surface area contributed by atoms with Gasteiger partial charge in [0.05, 0.1) is 16.8 Å². The zero-order valence-electron chi connectivity index (χ0n) is 12.4. The van der Waals surface area contributed by atoms with Gasteiger partial charge < -0.3 is 16.4 Å². The van der Waals surface area contributed by atoms with E-state index < -0.39 is 6.04 Å². The minimum absolute atomic E-state index is 0.103. The third kappa shape index (κ3) is 5.73. The van der Waals surface area contributed by atoms with Crippen LogP contribution in [0, 0.1) is 0 Å². The second kappa shape index (κ2) is 8.64. The highest BCUT2D eigenvalue weighted by molar-refractivity contribution is 6.34. The molecule has 5 nitrogen and oxygen atoms in total. The van der Waals surface area contributed by atoms with Crippen molar-refractivity contribution in [2.45, 2.75) is 45.6 Å². The normalized spacial score (nSPS) is 11.8. The van der Waals surface area contributed by atoms with Crippen LogP contribution in [0.1, 0.15) is 39.5 Å². The Labute approximate surface area is 130 Å². The van der Waals surface area contributed by atoms with E-state index in [9.17, 15) is 9.59 Å². The Hall–Kier alpha value is -1.59. The summed E-state index contributed by atoms with van der Waals surface area (Å²) >= 11 is 6.05. The van der Waals surface area contributed by atoms with Crippen LogP contribution in [0.15, 0.2) is 18.2 Å². The fourth-order valence-corrected chi connectivity index (χ4v) is 1.89. The highest BCUT2D eigenvalue weighted by Crippen LogP contribution is 2.26. The summed E-state index contributed by atoms with van der Waals surface area (Å²) in [6.07, 6.45) is 2.90. The molecular weight excluding hydrogens is 290 g/mol. The average molecular weight is 312 g/mol. The van der Waals surface area contributed by atoms with E-state index in [0.717, 1.165) is 12.8 Å². The van der Waals surface area contributed by atoms with E-state index in [1.54, 1.807) is 25.1 Å². The molecule has 0 aromatic heterocycles. The molecule has 0 aliphatic heterocycles. The molecule has 0 saturated heterocycles. The molecule has 0 spiro atoms. The number of carbonyl (C=O) groups excluding carboxylic acids is 2. The second-order valence-corrected chi connectivity index (χ2v) is 5.24. The fourth-order valence-electron chi connectivity index (χ4n) is 1.73. The van der Waals surface area contributed by atoms with Crippen LogP contribution in [-0.2, 0) is 9.59 Å². The number of hydrogen-bond donors (Lipinski definition) is 3. The largest absolute Gasteiger partial charge is 0.326 e. The molecule has 1 aromatic rings. The van der Waals surface area contributed by atoms with E-state index >= 15 is 0 Å². The van der Waals surface area contributed by atoms with E-state index in [1.807, 2.05) is 6.92 Å². The molecule has 1 atom stereocenters. The summed E-state index contributed by atoms with van der Waals surface area (Å²) in [6.45, 7) is 3.81. The van der Waals surface area contributed by atoms with Crippen molar-refractivity contribution in [3.05, 3.63) is 23.2 Å². The van der Waals surface area contributed by atoms with Gasteiger partial charge >= 0.3 is 0 Å². The molecular formula is C15H22ClN3O2. The summed E-state index contributed by atoms with van der Waals surface area (Å²) in [7, 11) is 0. The Bertz CT molecular complexity index is 506. The minimum Gasteiger partial charge on any atom is -0.326 e. The van der Waals surface area contributed by atoms with Gasteiger partial charge in [0.2, 0.25) is 11.8 Å². The number of rotatable bonds is 7. The Morgan fingerprint density at radius 2 is 2.00 bits per heavy atom. The Balaban J connectivity index is 2.75. The van der Waals surface area contributed by atoms with Gasteiger partial charge in [0.1, 0.15) is 0 Å². The lowest BCUT2D eigenvalue weighted by atomic mass is 10.1. The number of nitrogens with two attached hydrogens (primary N) is 1. The number of halogens is 1. The van der Waals surface area contributed by atoms with E-state index in [0.29, 0.717) is 29.2 Å². The highest BCUT2D eigenvalue weighted by atomic mass is 35.5. The van der Waals surface area contributed by atoms with E-state index in [4.69, 9.17) is 17.3 Å². The van der Waals surface area contributed by atoms with Gasteiger partial charge in [-0.25, -0.2) is 0 Å². The molecule has 1 aromatic carbocycles. The lowest BCUT2D eigenvalue weighted by molar-refractivity contribution is -0.117. The van der Waals surface area contributed by atoms with Gasteiger partial charge in [-0.1, -0.05) is 38.3 Å². The fraction of sp³-hybridized carbons (Fsp3) is 0.467. The molecule has 21 heavy (non-hydrogen) atoms. The molecule has 1 unspecified atom stereocenters. The van der Waals surface area contributed by atoms with Crippen LogP contribution >= 0.6 is 11.6 Å². The first-order valence-electron chi connectivity index (χ1n) is 7.13. The SMILES string of the molecule is CCCCC(N)C(=O)Nc1cc(NC(=O)CC)ccc1Cl. The molecule has 116 valence electrons. The van der Waals surface area contributed by atoms with Gasteiger partial charge in [0.15, 0.2) is 0 Å². The highest BCUT2D eigenvalue weighted by Gasteiger charge is 2.14. The van der Waals surface area contributed by atoms with Crippen LogP contribution in [0.25, 0.3) is 0 Å². The first-order chi connectivity index (χ1) is 9.97. The van der Waals surface area contributed by atoms with Crippen molar-refractivity contribution < 1.29 is 9.59 Å². The number of carbonyl (C=O) groups is 2. The Morgan fingerprint density at radius 1 is 1.29 bits per heavy atom. The number of benzene rings is 1. The molecule has 0 aliphatic rings. The van der Waals surface area contributed by atoms with Crippen molar-refractivity contribution >= 4 is 34.8 Å². The number of amides is 2. The second-order valence-electron chi connectivity index (χ2n) is 4.83. The first kappa shape index (κ1) is 17.5. The predicted octanol–water partition coefficient (Wildman–Crippen LogP) is 3.14. The van der Waals surface area contributed by atoms with E-state index in [1.165, 1.54) is 0 Å². The summed E-state index contributed by atoms with van der Waals surface area (Å²) in [5, 5.41) is 5.82. The minimum atomic E-state index is -0.560. The molecule has 0 fully saturated rings. The van der Waals surface area contributed by atoms with Crippen molar-refractivity contribution in [1.29, 1.82) is 0 Å². The number of unbranched alkanes of at least 4 members (excludes halogenated alkanes) is 1. The maximum atomic E-state index is 12.0. The first-order valence-corrected chi connectivity index (χ1v) is 7.51. The van der Waals surface area contributed by atoms with Gasteiger partial charge in [-0.3, -0.25) is 9.59 Å². The van der Waals surface area contributed by atoms with Crippen LogP contribution in [0.5, 0.6) is 0 Å². The number of nitrogens with one attached hydrogen (secondary N) is 2. The van der Waals surface area contributed by atoms with Crippen LogP contribution < -0.4 is 16.4 Å². The molecule has 6 heteroatoms. The Kier molecular flexibility index (Phi) is 7.19. The molecule has 1 rings (SSSR count). The van der Waals surface area contributed by atoms with Gasteiger partial charge in [0, 0.05) is 12.1 Å². The smallest absolute Gasteiger partial charge is 0.241 e. The van der Waals surface area contributed by atoms with E-state index in [2.05, 4.69) is 10.6 Å². The quantitative estimate of drug-likeness (QED) is 0.723. The molecule has 0 aliphatic carbocycles.